The summed E-state index contributed by atoms with van der Waals surface area (Å²) >= 11 is 0. The Morgan fingerprint density at radius 1 is 0.774 bits per heavy atom. The summed E-state index contributed by atoms with van der Waals surface area (Å²) in [5.41, 5.74) is 2.94. The minimum Gasteiger partial charge on any atom is -0.507 e. The van der Waals surface area contributed by atoms with Crippen LogP contribution in [0.2, 0.25) is 0 Å². The molecular weight excluding hydrogens is 410 g/mol. The molecule has 0 amide bonds. The van der Waals surface area contributed by atoms with Crippen molar-refractivity contribution in [2.24, 2.45) is 10.2 Å². The van der Waals surface area contributed by atoms with E-state index in [0.717, 1.165) is 16.6 Å². The number of fused-ring (bicyclic) bond motifs is 2. The molecule has 1 aliphatic rings. The van der Waals surface area contributed by atoms with Crippen molar-refractivity contribution in [2.45, 2.75) is 11.3 Å². The van der Waals surface area contributed by atoms with Crippen molar-refractivity contribution >= 4 is 37.9 Å². The highest BCUT2D eigenvalue weighted by atomic mass is 32.2. The number of benzene rings is 4. The van der Waals surface area contributed by atoms with Gasteiger partial charge in [-0.1, -0.05) is 42.5 Å². The van der Waals surface area contributed by atoms with Crippen molar-refractivity contribution in [3.8, 4) is 5.75 Å². The zero-order valence-corrected chi connectivity index (χ0v) is 17.3. The van der Waals surface area contributed by atoms with Crippen molar-refractivity contribution in [1.82, 2.24) is 0 Å². The fraction of sp³-hybridized carbons (Fsp3) is 0.0833. The van der Waals surface area contributed by atoms with Crippen molar-refractivity contribution in [3.63, 3.8) is 0 Å². The summed E-state index contributed by atoms with van der Waals surface area (Å²) in [6.45, 7) is 0.442. The first-order valence-electron chi connectivity index (χ1n) is 9.87. The number of rotatable bonds is 4. The van der Waals surface area contributed by atoms with Crippen LogP contribution in [0.1, 0.15) is 5.56 Å². The number of phenols is 1. The highest BCUT2D eigenvalue weighted by Gasteiger charge is 2.30. The van der Waals surface area contributed by atoms with Crippen molar-refractivity contribution in [1.29, 1.82) is 0 Å². The first-order valence-corrected chi connectivity index (χ1v) is 11.3. The molecule has 0 aliphatic carbocycles. The maximum atomic E-state index is 13.1. The Balaban J connectivity index is 1.42. The molecular formula is C24H19N3O3S. The van der Waals surface area contributed by atoms with Crippen LogP contribution < -0.4 is 4.31 Å². The summed E-state index contributed by atoms with van der Waals surface area (Å²) in [6, 6.07) is 24.7. The Morgan fingerprint density at radius 3 is 2.29 bits per heavy atom. The third-order valence-corrected chi connectivity index (χ3v) is 7.25. The fourth-order valence-corrected chi connectivity index (χ4v) is 5.34. The van der Waals surface area contributed by atoms with E-state index in [2.05, 4.69) is 10.2 Å². The molecule has 6 nitrogen and oxygen atoms in total. The molecule has 1 heterocycles. The summed E-state index contributed by atoms with van der Waals surface area (Å²) in [4.78, 5) is 0.221. The molecule has 4 aromatic rings. The zero-order chi connectivity index (χ0) is 21.4. The maximum Gasteiger partial charge on any atom is 0.264 e. The van der Waals surface area contributed by atoms with Crippen molar-refractivity contribution in [3.05, 3.63) is 90.5 Å². The van der Waals surface area contributed by atoms with Gasteiger partial charge in [0.1, 0.15) is 5.75 Å². The number of hydrogen-bond donors (Lipinski definition) is 1. The van der Waals surface area contributed by atoms with E-state index in [0.29, 0.717) is 29.7 Å². The Morgan fingerprint density at radius 2 is 1.48 bits per heavy atom. The number of para-hydroxylation sites is 1. The van der Waals surface area contributed by atoms with Crippen LogP contribution in [-0.4, -0.2) is 20.1 Å². The monoisotopic (exact) mass is 429 g/mol. The van der Waals surface area contributed by atoms with E-state index < -0.39 is 10.0 Å². The Hall–Kier alpha value is -3.71. The number of anilines is 1. The average molecular weight is 430 g/mol. The fourth-order valence-electron chi connectivity index (χ4n) is 3.84. The molecule has 0 saturated carbocycles. The number of phenolic OH excluding ortho intramolecular Hbond substituents is 1. The molecule has 0 unspecified atom stereocenters. The first-order chi connectivity index (χ1) is 15.0. The lowest BCUT2D eigenvalue weighted by atomic mass is 10.1. The van der Waals surface area contributed by atoms with Gasteiger partial charge < -0.3 is 5.11 Å². The second-order valence-corrected chi connectivity index (χ2v) is 9.16. The summed E-state index contributed by atoms with van der Waals surface area (Å²) in [5, 5.41) is 20.0. The van der Waals surface area contributed by atoms with Gasteiger partial charge in [0.25, 0.3) is 10.0 Å². The summed E-state index contributed by atoms with van der Waals surface area (Å²) < 4.78 is 27.7. The lowest BCUT2D eigenvalue weighted by Crippen LogP contribution is -2.29. The van der Waals surface area contributed by atoms with E-state index in [4.69, 9.17) is 0 Å². The largest absolute Gasteiger partial charge is 0.507 e. The summed E-state index contributed by atoms with van der Waals surface area (Å²) in [7, 11) is -3.64. The molecule has 1 aliphatic heterocycles. The summed E-state index contributed by atoms with van der Waals surface area (Å²) in [6.07, 6.45) is 0.711. The molecule has 4 aromatic carbocycles. The highest BCUT2D eigenvalue weighted by molar-refractivity contribution is 7.92. The Kier molecular flexibility index (Phi) is 4.67. The molecule has 0 radical (unpaired) electrons. The number of azo groups is 1. The molecule has 5 rings (SSSR count). The standard InChI is InChI=1S/C24H19N3O3S/c28-24-14-13-22(20-6-2-3-7-21(20)24)26-25-18-9-11-19(12-10-18)31(29,30)27-16-15-17-5-1-4-8-23(17)27/h1-14,28H,15-16H2. The number of aromatic hydroxyl groups is 1. The third kappa shape index (κ3) is 3.43. The predicted octanol–water partition coefficient (Wildman–Crippen LogP) is 5.71. The van der Waals surface area contributed by atoms with E-state index >= 15 is 0 Å². The van der Waals surface area contributed by atoms with Crippen LogP contribution >= 0.6 is 0 Å². The van der Waals surface area contributed by atoms with Crippen LogP contribution in [0.4, 0.5) is 17.1 Å². The topological polar surface area (TPSA) is 82.3 Å². The number of hydrogen-bond acceptors (Lipinski definition) is 5. The molecule has 0 atom stereocenters. The smallest absolute Gasteiger partial charge is 0.264 e. The van der Waals surface area contributed by atoms with E-state index in [-0.39, 0.29) is 10.6 Å². The van der Waals surface area contributed by atoms with Gasteiger partial charge >= 0.3 is 0 Å². The lowest BCUT2D eigenvalue weighted by Gasteiger charge is -2.19. The number of nitrogens with zero attached hydrogens (tertiary/aromatic N) is 3. The van der Waals surface area contributed by atoms with Gasteiger partial charge in [0.15, 0.2) is 0 Å². The van der Waals surface area contributed by atoms with E-state index in [1.54, 1.807) is 36.4 Å². The molecule has 31 heavy (non-hydrogen) atoms. The second-order valence-electron chi connectivity index (χ2n) is 7.30. The third-order valence-electron chi connectivity index (χ3n) is 5.42. The van der Waals surface area contributed by atoms with Crippen molar-refractivity contribution < 1.29 is 13.5 Å². The van der Waals surface area contributed by atoms with Gasteiger partial charge in [0.2, 0.25) is 0 Å². The second kappa shape index (κ2) is 7.52. The van der Waals surface area contributed by atoms with Gasteiger partial charge in [-0.3, -0.25) is 4.31 Å². The van der Waals surface area contributed by atoms with Crippen LogP contribution in [0.5, 0.6) is 5.75 Å². The van der Waals surface area contributed by atoms with Crippen LogP contribution in [0, 0.1) is 0 Å². The van der Waals surface area contributed by atoms with Gasteiger partial charge in [-0.15, -0.1) is 5.11 Å². The van der Waals surface area contributed by atoms with Gasteiger partial charge in [0, 0.05) is 17.3 Å². The number of sulfonamides is 1. The molecule has 0 aromatic heterocycles. The average Bonchev–Trinajstić information content (AvgIpc) is 3.24. The minimum absolute atomic E-state index is 0.188. The van der Waals surface area contributed by atoms with E-state index in [9.17, 15) is 13.5 Å². The van der Waals surface area contributed by atoms with Crippen LogP contribution in [-0.2, 0) is 16.4 Å². The molecule has 0 spiro atoms. The molecule has 1 N–H and O–H groups in total. The molecule has 7 heteroatoms. The van der Waals surface area contributed by atoms with E-state index in [1.165, 1.54) is 4.31 Å². The van der Waals surface area contributed by atoms with Crippen LogP contribution in [0.3, 0.4) is 0 Å². The first kappa shape index (κ1) is 19.3. The minimum atomic E-state index is -3.64. The maximum absolute atomic E-state index is 13.1. The quantitative estimate of drug-likeness (QED) is 0.422. The van der Waals surface area contributed by atoms with Crippen molar-refractivity contribution in [2.75, 3.05) is 10.8 Å². The highest BCUT2D eigenvalue weighted by Crippen LogP contribution is 2.35. The molecule has 0 fully saturated rings. The SMILES string of the molecule is O=S(=O)(c1ccc(N=Nc2ccc(O)c3ccccc23)cc1)N1CCc2ccccc21. The van der Waals surface area contributed by atoms with Gasteiger partial charge in [-0.2, -0.15) is 5.11 Å². The summed E-state index contributed by atoms with van der Waals surface area (Å²) in [5.74, 6) is 0.188. The molecule has 0 bridgehead atoms. The lowest BCUT2D eigenvalue weighted by molar-refractivity contribution is 0.481. The zero-order valence-electron chi connectivity index (χ0n) is 16.5. The normalized spacial score (nSPS) is 13.7. The molecule has 154 valence electrons. The molecule has 0 saturated heterocycles. The van der Waals surface area contributed by atoms with E-state index in [1.807, 2.05) is 48.5 Å². The van der Waals surface area contributed by atoms with Crippen LogP contribution in [0.25, 0.3) is 10.8 Å². The van der Waals surface area contributed by atoms with Gasteiger partial charge in [-0.25, -0.2) is 8.42 Å². The Labute approximate surface area is 180 Å². The predicted molar refractivity (Wildman–Crippen MR) is 121 cm³/mol. The van der Waals surface area contributed by atoms with Gasteiger partial charge in [0.05, 0.1) is 22.0 Å². The Bertz CT molecular complexity index is 1410. The van der Waals surface area contributed by atoms with Crippen LogP contribution in [0.15, 0.2) is 100 Å². The van der Waals surface area contributed by atoms with Gasteiger partial charge in [-0.05, 0) is 54.4 Å².